The average Bonchev–Trinajstić information content (AvgIpc) is 2.61. The van der Waals surface area contributed by atoms with Crippen molar-refractivity contribution in [2.75, 3.05) is 26.7 Å². The van der Waals surface area contributed by atoms with Gasteiger partial charge in [-0.2, -0.15) is 0 Å². The predicted octanol–water partition coefficient (Wildman–Crippen LogP) is 2.00. The van der Waals surface area contributed by atoms with Crippen LogP contribution in [0, 0.1) is 5.92 Å². The number of rotatable bonds is 6. The minimum Gasteiger partial charge on any atom is -0.496 e. The number of carbonyl (C=O) groups excluding carboxylic acids is 2. The van der Waals surface area contributed by atoms with Crippen LogP contribution in [0.1, 0.15) is 31.7 Å². The summed E-state index contributed by atoms with van der Waals surface area (Å²) >= 11 is 0. The van der Waals surface area contributed by atoms with E-state index in [4.69, 9.17) is 4.74 Å². The summed E-state index contributed by atoms with van der Waals surface area (Å²) in [7, 11) is 1.66. The van der Waals surface area contributed by atoms with E-state index in [0.717, 1.165) is 30.6 Å². The van der Waals surface area contributed by atoms with Crippen molar-refractivity contribution in [3.63, 3.8) is 0 Å². The van der Waals surface area contributed by atoms with Crippen molar-refractivity contribution in [3.05, 3.63) is 29.8 Å². The molecule has 0 aromatic heterocycles. The van der Waals surface area contributed by atoms with E-state index in [1.165, 1.54) is 0 Å². The zero-order valence-corrected chi connectivity index (χ0v) is 14.0. The number of piperidine rings is 1. The van der Waals surface area contributed by atoms with Crippen LogP contribution < -0.4 is 10.1 Å². The molecular weight excluding hydrogens is 292 g/mol. The summed E-state index contributed by atoms with van der Waals surface area (Å²) in [6.45, 7) is 3.86. The van der Waals surface area contributed by atoms with Gasteiger partial charge in [0.1, 0.15) is 5.75 Å². The molecule has 0 atom stereocenters. The number of methoxy groups -OCH3 is 1. The lowest BCUT2D eigenvalue weighted by atomic mass is 9.95. The average molecular weight is 318 g/mol. The molecule has 23 heavy (non-hydrogen) atoms. The van der Waals surface area contributed by atoms with Gasteiger partial charge in [-0.3, -0.25) is 9.59 Å². The number of carbonyl (C=O) groups is 2. The van der Waals surface area contributed by atoms with Crippen LogP contribution in [0.2, 0.25) is 0 Å². The number of ether oxygens (including phenoxy) is 1. The molecule has 1 heterocycles. The molecule has 1 aliphatic rings. The number of amides is 2. The first-order chi connectivity index (χ1) is 11.2. The minimum atomic E-state index is 0.0218. The standard InChI is InChI=1S/C18H26N2O3/c1-3-17(21)20-12-9-15(10-13-20)18(22)19-11-8-14-6-4-5-7-16(14)23-2/h4-7,15H,3,8-13H2,1-2H3,(H,19,22). The summed E-state index contributed by atoms with van der Waals surface area (Å²) in [5.41, 5.74) is 1.10. The van der Waals surface area contributed by atoms with Gasteiger partial charge in [-0.05, 0) is 30.9 Å². The summed E-state index contributed by atoms with van der Waals surface area (Å²) in [5.74, 6) is 1.16. The highest BCUT2D eigenvalue weighted by Crippen LogP contribution is 2.19. The maximum Gasteiger partial charge on any atom is 0.223 e. The van der Waals surface area contributed by atoms with Crippen LogP contribution in [-0.2, 0) is 16.0 Å². The van der Waals surface area contributed by atoms with E-state index in [1.807, 2.05) is 36.1 Å². The molecule has 1 aromatic rings. The molecule has 0 spiro atoms. The van der Waals surface area contributed by atoms with Gasteiger partial charge >= 0.3 is 0 Å². The third-order valence-electron chi connectivity index (χ3n) is 4.41. The van der Waals surface area contributed by atoms with Gasteiger partial charge in [-0.25, -0.2) is 0 Å². The van der Waals surface area contributed by atoms with E-state index >= 15 is 0 Å². The first kappa shape index (κ1) is 17.3. The molecular formula is C18H26N2O3. The fourth-order valence-corrected chi connectivity index (χ4v) is 2.99. The first-order valence-corrected chi connectivity index (χ1v) is 8.33. The molecule has 126 valence electrons. The minimum absolute atomic E-state index is 0.0218. The Kier molecular flexibility index (Phi) is 6.44. The Balaban J connectivity index is 1.74. The third-order valence-corrected chi connectivity index (χ3v) is 4.41. The fraction of sp³-hybridized carbons (Fsp3) is 0.556. The Bertz CT molecular complexity index is 537. The van der Waals surface area contributed by atoms with E-state index in [0.29, 0.717) is 26.1 Å². The van der Waals surface area contributed by atoms with Gasteiger partial charge in [-0.15, -0.1) is 0 Å². The van der Waals surface area contributed by atoms with Crippen molar-refractivity contribution < 1.29 is 14.3 Å². The second-order valence-corrected chi connectivity index (χ2v) is 5.86. The zero-order chi connectivity index (χ0) is 16.7. The van der Waals surface area contributed by atoms with Crippen LogP contribution in [0.5, 0.6) is 5.75 Å². The molecule has 1 fully saturated rings. The topological polar surface area (TPSA) is 58.6 Å². The van der Waals surface area contributed by atoms with Gasteiger partial charge in [0.25, 0.3) is 0 Å². The monoisotopic (exact) mass is 318 g/mol. The molecule has 0 unspecified atom stereocenters. The number of benzene rings is 1. The largest absolute Gasteiger partial charge is 0.496 e. The number of hydrogen-bond donors (Lipinski definition) is 1. The van der Waals surface area contributed by atoms with E-state index in [1.54, 1.807) is 7.11 Å². The van der Waals surface area contributed by atoms with E-state index in [-0.39, 0.29) is 17.7 Å². The normalized spacial score (nSPS) is 15.3. The molecule has 0 aliphatic carbocycles. The van der Waals surface area contributed by atoms with Gasteiger partial charge < -0.3 is 15.0 Å². The highest BCUT2D eigenvalue weighted by atomic mass is 16.5. The van der Waals surface area contributed by atoms with Crippen molar-refractivity contribution in [1.82, 2.24) is 10.2 Å². The van der Waals surface area contributed by atoms with Crippen LogP contribution >= 0.6 is 0 Å². The summed E-state index contributed by atoms with van der Waals surface area (Å²) < 4.78 is 5.31. The van der Waals surface area contributed by atoms with Crippen LogP contribution in [0.25, 0.3) is 0 Å². The van der Waals surface area contributed by atoms with Crippen LogP contribution in [0.15, 0.2) is 24.3 Å². The highest BCUT2D eigenvalue weighted by molar-refractivity contribution is 5.80. The maximum atomic E-state index is 12.2. The van der Waals surface area contributed by atoms with Gasteiger partial charge in [0.15, 0.2) is 0 Å². The van der Waals surface area contributed by atoms with Crippen molar-refractivity contribution in [2.45, 2.75) is 32.6 Å². The lowest BCUT2D eigenvalue weighted by molar-refractivity contribution is -0.135. The summed E-state index contributed by atoms with van der Waals surface area (Å²) in [4.78, 5) is 25.7. The van der Waals surface area contributed by atoms with Gasteiger partial charge in [0, 0.05) is 32.0 Å². The quantitative estimate of drug-likeness (QED) is 0.873. The Morgan fingerprint density at radius 1 is 1.26 bits per heavy atom. The van der Waals surface area contributed by atoms with Gasteiger partial charge in [-0.1, -0.05) is 25.1 Å². The molecule has 1 aliphatic heterocycles. The van der Waals surface area contributed by atoms with Gasteiger partial charge in [0.05, 0.1) is 7.11 Å². The molecule has 1 saturated heterocycles. The lowest BCUT2D eigenvalue weighted by Gasteiger charge is -2.31. The number of nitrogens with one attached hydrogen (secondary N) is 1. The molecule has 0 radical (unpaired) electrons. The van der Waals surface area contributed by atoms with Crippen molar-refractivity contribution in [2.24, 2.45) is 5.92 Å². The van der Waals surface area contributed by atoms with E-state index in [9.17, 15) is 9.59 Å². The SMILES string of the molecule is CCC(=O)N1CCC(C(=O)NCCc2ccccc2OC)CC1. The molecule has 2 amide bonds. The molecule has 5 heteroatoms. The number of nitrogens with zero attached hydrogens (tertiary/aromatic N) is 1. The van der Waals surface area contributed by atoms with Crippen molar-refractivity contribution in [1.29, 1.82) is 0 Å². The van der Waals surface area contributed by atoms with Crippen LogP contribution in [-0.4, -0.2) is 43.5 Å². The van der Waals surface area contributed by atoms with Crippen LogP contribution in [0.3, 0.4) is 0 Å². The molecule has 2 rings (SSSR count). The van der Waals surface area contributed by atoms with Crippen molar-refractivity contribution >= 4 is 11.8 Å². The first-order valence-electron chi connectivity index (χ1n) is 8.33. The van der Waals surface area contributed by atoms with E-state index in [2.05, 4.69) is 5.32 Å². The maximum absolute atomic E-state index is 12.2. The lowest BCUT2D eigenvalue weighted by Crippen LogP contribution is -2.43. The Labute approximate surface area is 138 Å². The summed E-state index contributed by atoms with van der Waals surface area (Å²) in [6.07, 6.45) is 2.80. The second kappa shape index (κ2) is 8.56. The molecule has 5 nitrogen and oxygen atoms in total. The third kappa shape index (κ3) is 4.71. The molecule has 0 saturated carbocycles. The van der Waals surface area contributed by atoms with E-state index < -0.39 is 0 Å². The zero-order valence-electron chi connectivity index (χ0n) is 14.0. The smallest absolute Gasteiger partial charge is 0.223 e. The Morgan fingerprint density at radius 3 is 2.61 bits per heavy atom. The highest BCUT2D eigenvalue weighted by Gasteiger charge is 2.26. The molecule has 1 aromatic carbocycles. The Hall–Kier alpha value is -2.04. The summed E-state index contributed by atoms with van der Waals surface area (Å²) in [6, 6.07) is 7.85. The molecule has 1 N–H and O–H groups in total. The fourth-order valence-electron chi connectivity index (χ4n) is 2.99. The molecule has 0 bridgehead atoms. The number of hydrogen-bond acceptors (Lipinski definition) is 3. The predicted molar refractivity (Wildman–Crippen MR) is 89.3 cm³/mol. The number of para-hydroxylation sites is 1. The van der Waals surface area contributed by atoms with Crippen molar-refractivity contribution in [3.8, 4) is 5.75 Å². The van der Waals surface area contributed by atoms with Gasteiger partial charge in [0.2, 0.25) is 11.8 Å². The Morgan fingerprint density at radius 2 is 1.96 bits per heavy atom. The second-order valence-electron chi connectivity index (χ2n) is 5.86. The summed E-state index contributed by atoms with van der Waals surface area (Å²) in [5, 5.41) is 3.01. The number of likely N-dealkylation sites (tertiary alicyclic amines) is 1. The van der Waals surface area contributed by atoms with Crippen LogP contribution in [0.4, 0.5) is 0 Å².